The minimum absolute atomic E-state index is 0.115. The Morgan fingerprint density at radius 2 is 1.97 bits per heavy atom. The SMILES string of the molecule is CCn1c(=NC(=O)C2CCCN(S(=O)(=O)c3ccc(C)cc3)C2)sc2cc(F)ccc21. The molecule has 1 aliphatic rings. The van der Waals surface area contributed by atoms with Crippen molar-refractivity contribution in [3.05, 3.63) is 58.6 Å². The Labute approximate surface area is 184 Å². The molecule has 164 valence electrons. The van der Waals surface area contributed by atoms with E-state index < -0.39 is 15.9 Å². The maximum absolute atomic E-state index is 13.6. The molecule has 0 radical (unpaired) electrons. The number of nitrogens with zero attached hydrogens (tertiary/aromatic N) is 3. The fourth-order valence-corrected chi connectivity index (χ4v) is 6.49. The summed E-state index contributed by atoms with van der Waals surface area (Å²) in [6.45, 7) is 4.94. The lowest BCUT2D eigenvalue weighted by molar-refractivity contribution is -0.122. The molecular formula is C22H24FN3O3S2. The average Bonchev–Trinajstić information content (AvgIpc) is 3.10. The number of sulfonamides is 1. The number of fused-ring (bicyclic) bond motifs is 1. The maximum Gasteiger partial charge on any atom is 0.252 e. The summed E-state index contributed by atoms with van der Waals surface area (Å²) >= 11 is 1.26. The maximum atomic E-state index is 13.6. The molecule has 31 heavy (non-hydrogen) atoms. The van der Waals surface area contributed by atoms with Gasteiger partial charge in [-0.1, -0.05) is 29.0 Å². The number of aryl methyl sites for hydroxylation is 2. The summed E-state index contributed by atoms with van der Waals surface area (Å²) in [5.41, 5.74) is 1.81. The first-order valence-electron chi connectivity index (χ1n) is 10.2. The van der Waals surface area contributed by atoms with Gasteiger partial charge in [-0.15, -0.1) is 0 Å². The predicted molar refractivity (Wildman–Crippen MR) is 119 cm³/mol. The molecule has 2 heterocycles. The van der Waals surface area contributed by atoms with Crippen molar-refractivity contribution >= 4 is 37.5 Å². The number of thiazole rings is 1. The normalized spacial score (nSPS) is 18.5. The first kappa shape index (κ1) is 21.9. The van der Waals surface area contributed by atoms with Crippen LogP contribution in [0.4, 0.5) is 4.39 Å². The first-order valence-corrected chi connectivity index (χ1v) is 12.5. The van der Waals surface area contributed by atoms with Gasteiger partial charge in [-0.25, -0.2) is 12.8 Å². The number of hydrogen-bond acceptors (Lipinski definition) is 4. The van der Waals surface area contributed by atoms with Crippen molar-refractivity contribution in [2.75, 3.05) is 13.1 Å². The summed E-state index contributed by atoms with van der Waals surface area (Å²) in [4.78, 5) is 18.0. The Balaban J connectivity index is 1.61. The summed E-state index contributed by atoms with van der Waals surface area (Å²) in [5.74, 6) is -1.17. The molecule has 1 aromatic heterocycles. The number of carbonyl (C=O) groups is 1. The van der Waals surface area contributed by atoms with Crippen molar-refractivity contribution in [1.82, 2.24) is 8.87 Å². The minimum Gasteiger partial charge on any atom is -0.317 e. The molecule has 3 aromatic rings. The lowest BCUT2D eigenvalue weighted by atomic mass is 9.99. The zero-order valence-corrected chi connectivity index (χ0v) is 19.0. The zero-order valence-electron chi connectivity index (χ0n) is 17.4. The van der Waals surface area contributed by atoms with E-state index in [2.05, 4.69) is 4.99 Å². The van der Waals surface area contributed by atoms with Gasteiger partial charge < -0.3 is 4.57 Å². The third-order valence-electron chi connectivity index (χ3n) is 5.56. The molecule has 0 aliphatic carbocycles. The highest BCUT2D eigenvalue weighted by molar-refractivity contribution is 7.89. The molecule has 0 spiro atoms. The van der Waals surface area contributed by atoms with Crippen molar-refractivity contribution in [2.45, 2.75) is 38.1 Å². The second-order valence-electron chi connectivity index (χ2n) is 7.71. The van der Waals surface area contributed by atoms with E-state index in [0.717, 1.165) is 15.8 Å². The third kappa shape index (κ3) is 4.35. The van der Waals surface area contributed by atoms with Gasteiger partial charge in [-0.3, -0.25) is 4.79 Å². The summed E-state index contributed by atoms with van der Waals surface area (Å²) in [6, 6.07) is 11.2. The number of rotatable bonds is 4. The smallest absolute Gasteiger partial charge is 0.252 e. The van der Waals surface area contributed by atoms with Crippen molar-refractivity contribution in [3.8, 4) is 0 Å². The van der Waals surface area contributed by atoms with Crippen LogP contribution in [0.25, 0.3) is 10.2 Å². The Morgan fingerprint density at radius 3 is 2.68 bits per heavy atom. The highest BCUT2D eigenvalue weighted by atomic mass is 32.2. The average molecular weight is 462 g/mol. The van der Waals surface area contributed by atoms with Crippen LogP contribution in [0.1, 0.15) is 25.3 Å². The molecular weight excluding hydrogens is 437 g/mol. The van der Waals surface area contributed by atoms with E-state index in [1.807, 2.05) is 18.4 Å². The van der Waals surface area contributed by atoms with Crippen molar-refractivity contribution < 1.29 is 17.6 Å². The van der Waals surface area contributed by atoms with Crippen LogP contribution < -0.4 is 4.80 Å². The van der Waals surface area contributed by atoms with Gasteiger partial charge in [0.05, 0.1) is 21.0 Å². The number of amides is 1. The standard InChI is InChI=1S/C22H24FN3O3S2/c1-3-26-19-11-8-17(23)13-20(19)30-22(26)24-21(27)16-5-4-12-25(14-16)31(28,29)18-9-6-15(2)7-10-18/h6-11,13,16H,3-5,12,14H2,1-2H3. The number of hydrogen-bond donors (Lipinski definition) is 0. The van der Waals surface area contributed by atoms with Crippen LogP contribution >= 0.6 is 11.3 Å². The van der Waals surface area contributed by atoms with Crippen LogP contribution in [0.15, 0.2) is 52.4 Å². The number of carbonyl (C=O) groups excluding carboxylic acids is 1. The Bertz CT molecular complexity index is 1290. The van der Waals surface area contributed by atoms with Gasteiger partial charge in [-0.05, 0) is 57.0 Å². The Kier molecular flexibility index (Phi) is 6.09. The molecule has 0 N–H and O–H groups in total. The molecule has 1 fully saturated rings. The second-order valence-corrected chi connectivity index (χ2v) is 10.7. The van der Waals surface area contributed by atoms with E-state index in [4.69, 9.17) is 0 Å². The van der Waals surface area contributed by atoms with Crippen LogP contribution in [0.2, 0.25) is 0 Å². The van der Waals surface area contributed by atoms with Crippen LogP contribution in [0.3, 0.4) is 0 Å². The Morgan fingerprint density at radius 1 is 1.23 bits per heavy atom. The molecule has 1 saturated heterocycles. The first-order chi connectivity index (χ1) is 14.8. The third-order valence-corrected chi connectivity index (χ3v) is 8.48. The number of piperidine rings is 1. The van der Waals surface area contributed by atoms with Gasteiger partial charge in [0.25, 0.3) is 5.91 Å². The van der Waals surface area contributed by atoms with Gasteiger partial charge >= 0.3 is 0 Å². The molecule has 1 amide bonds. The van der Waals surface area contributed by atoms with Crippen LogP contribution in [-0.4, -0.2) is 36.3 Å². The Hall–Kier alpha value is -2.36. The van der Waals surface area contributed by atoms with Crippen LogP contribution in [0, 0.1) is 18.7 Å². The van der Waals surface area contributed by atoms with Crippen molar-refractivity contribution in [2.24, 2.45) is 10.9 Å². The molecule has 4 rings (SSSR count). The quantitative estimate of drug-likeness (QED) is 0.595. The fourth-order valence-electron chi connectivity index (χ4n) is 3.85. The molecule has 9 heteroatoms. The molecule has 2 aromatic carbocycles. The molecule has 0 bridgehead atoms. The lowest BCUT2D eigenvalue weighted by Gasteiger charge is -2.30. The van der Waals surface area contributed by atoms with Gasteiger partial charge in [0, 0.05) is 19.6 Å². The topological polar surface area (TPSA) is 71.7 Å². The van der Waals surface area contributed by atoms with Gasteiger partial charge in [0.1, 0.15) is 5.82 Å². The zero-order chi connectivity index (χ0) is 22.2. The molecule has 1 unspecified atom stereocenters. The number of benzene rings is 2. The number of halogens is 1. The minimum atomic E-state index is -3.66. The van der Waals surface area contributed by atoms with E-state index in [9.17, 15) is 17.6 Å². The molecule has 0 saturated carbocycles. The van der Waals surface area contributed by atoms with Crippen molar-refractivity contribution in [1.29, 1.82) is 0 Å². The van der Waals surface area contributed by atoms with Crippen LogP contribution in [-0.2, 0) is 21.4 Å². The highest BCUT2D eigenvalue weighted by Gasteiger charge is 2.33. The summed E-state index contributed by atoms with van der Waals surface area (Å²) in [5, 5.41) is 0. The largest absolute Gasteiger partial charge is 0.317 e. The van der Waals surface area contributed by atoms with Crippen LogP contribution in [0.5, 0.6) is 0 Å². The monoisotopic (exact) mass is 461 g/mol. The summed E-state index contributed by atoms with van der Waals surface area (Å²) in [7, 11) is -3.66. The summed E-state index contributed by atoms with van der Waals surface area (Å²) < 4.78 is 43.6. The van der Waals surface area contributed by atoms with E-state index in [1.165, 1.54) is 27.8 Å². The van der Waals surface area contributed by atoms with Crippen molar-refractivity contribution in [3.63, 3.8) is 0 Å². The van der Waals surface area contributed by atoms with Gasteiger partial charge in [-0.2, -0.15) is 9.30 Å². The van der Waals surface area contributed by atoms with E-state index in [-0.39, 0.29) is 23.2 Å². The second kappa shape index (κ2) is 8.64. The lowest BCUT2D eigenvalue weighted by Crippen LogP contribution is -2.42. The molecule has 6 nitrogen and oxygen atoms in total. The highest BCUT2D eigenvalue weighted by Crippen LogP contribution is 2.25. The number of aromatic nitrogens is 1. The van der Waals surface area contributed by atoms with E-state index in [1.54, 1.807) is 30.3 Å². The van der Waals surface area contributed by atoms with E-state index in [0.29, 0.717) is 30.7 Å². The van der Waals surface area contributed by atoms with Gasteiger partial charge in [0.2, 0.25) is 10.0 Å². The predicted octanol–water partition coefficient (Wildman–Crippen LogP) is 3.70. The molecule has 1 atom stereocenters. The fraction of sp³-hybridized carbons (Fsp3) is 0.364. The summed E-state index contributed by atoms with van der Waals surface area (Å²) in [6.07, 6.45) is 1.19. The molecule has 1 aliphatic heterocycles. The van der Waals surface area contributed by atoms with Gasteiger partial charge in [0.15, 0.2) is 4.80 Å². The van der Waals surface area contributed by atoms with E-state index >= 15 is 0 Å².